The smallest absolute Gasteiger partial charge is 0.331 e. The number of nitrogens with one attached hydrogen (secondary N) is 1. The molecule has 14 nitrogen and oxygen atoms in total. The van der Waals surface area contributed by atoms with Crippen molar-refractivity contribution in [3.63, 3.8) is 0 Å². The number of benzene rings is 3. The largest absolute Gasteiger partial charge is 0.504 e. The number of halogens is 1. The fourth-order valence-electron chi connectivity index (χ4n) is 9.96. The quantitative estimate of drug-likeness (QED) is 0.189. The van der Waals surface area contributed by atoms with Crippen LogP contribution in [0.15, 0.2) is 24.3 Å². The molecule has 0 saturated carbocycles. The Bertz CT molecular complexity index is 2220. The molecule has 0 aliphatic carbocycles. The number of carbonyl (C=O) groups is 2. The first-order valence-corrected chi connectivity index (χ1v) is 20.1. The number of hydrogen-bond acceptors (Lipinski definition) is 15. The van der Waals surface area contributed by atoms with Crippen molar-refractivity contribution in [2.24, 2.45) is 0 Å². The molecule has 2 saturated heterocycles. The average molecular weight is 805 g/mol. The van der Waals surface area contributed by atoms with Crippen molar-refractivity contribution in [1.29, 1.82) is 5.26 Å². The molecule has 3 aromatic carbocycles. The summed E-state index contributed by atoms with van der Waals surface area (Å²) < 4.78 is 36.1. The highest BCUT2D eigenvalue weighted by Gasteiger charge is 2.61. The number of aromatic hydroxyl groups is 2. The predicted octanol–water partition coefficient (Wildman–Crippen LogP) is 4.29. The maximum Gasteiger partial charge on any atom is 0.331 e. The van der Waals surface area contributed by atoms with Gasteiger partial charge in [0.25, 0.3) is 0 Å². The number of alkyl halides is 1. The number of methoxy groups -OCH3 is 2. The van der Waals surface area contributed by atoms with E-state index in [-0.39, 0.29) is 54.7 Å². The third-order valence-corrected chi connectivity index (χ3v) is 14.1. The molecule has 56 heavy (non-hydrogen) atoms. The molecule has 1 unspecified atom stereocenters. The predicted molar refractivity (Wildman–Crippen MR) is 203 cm³/mol. The van der Waals surface area contributed by atoms with Crippen LogP contribution in [0.25, 0.3) is 0 Å². The number of carbonyl (C=O) groups excluding carboxylic acids is 2. The van der Waals surface area contributed by atoms with Crippen LogP contribution in [0.4, 0.5) is 0 Å². The van der Waals surface area contributed by atoms with Crippen molar-refractivity contribution in [1.82, 2.24) is 15.1 Å². The van der Waals surface area contributed by atoms with Crippen LogP contribution in [-0.4, -0.2) is 103 Å². The van der Waals surface area contributed by atoms with Gasteiger partial charge < -0.3 is 38.6 Å². The summed E-state index contributed by atoms with van der Waals surface area (Å²) in [5.74, 6) is 0.822. The van der Waals surface area contributed by atoms with Gasteiger partial charge in [-0.05, 0) is 61.7 Å². The number of thioether (sulfide) groups is 1. The summed E-state index contributed by atoms with van der Waals surface area (Å²) in [4.78, 5) is 32.5. The molecule has 294 valence electrons. The van der Waals surface area contributed by atoms with Gasteiger partial charge in [-0.1, -0.05) is 6.07 Å². The molecule has 7 aliphatic rings. The zero-order valence-electron chi connectivity index (χ0n) is 31.2. The van der Waals surface area contributed by atoms with E-state index in [1.165, 1.54) is 26.0 Å². The normalized spacial score (nSPS) is 28.6. The lowest BCUT2D eigenvalue weighted by atomic mass is 9.71. The Hall–Kier alpha value is -4.59. The van der Waals surface area contributed by atoms with Gasteiger partial charge in [-0.25, -0.2) is 4.79 Å². The molecule has 0 aromatic heterocycles. The summed E-state index contributed by atoms with van der Waals surface area (Å²) in [6.45, 7) is 1.97. The van der Waals surface area contributed by atoms with Gasteiger partial charge in [-0.2, -0.15) is 5.26 Å². The molecular weight excluding hydrogens is 764 g/mol. The van der Waals surface area contributed by atoms with Crippen molar-refractivity contribution in [2.45, 2.75) is 67.2 Å². The fraction of sp³-hybridized carbons (Fsp3) is 0.475. The highest BCUT2D eigenvalue weighted by atomic mass is 35.5. The van der Waals surface area contributed by atoms with Crippen molar-refractivity contribution in [3.05, 3.63) is 63.2 Å². The number of phenols is 2. The number of nitrogens with zero attached hydrogens (tertiary/aromatic N) is 3. The van der Waals surface area contributed by atoms with E-state index in [1.54, 1.807) is 18.2 Å². The van der Waals surface area contributed by atoms with E-state index in [2.05, 4.69) is 21.2 Å². The number of rotatable bonds is 5. The Morgan fingerprint density at radius 2 is 1.89 bits per heavy atom. The molecule has 4 bridgehead atoms. The standard InChI is InChI=1S/C40H41ClN4O10S/c1-18-35(55-28(47)7-9-41)31-30(37-36(18)53-17-54-37)24-15-52-39(49)40(21-13-27(51-4)25(46)12-19(21)8-10-43-40)16-56-38(31)33-32-29-20(5-6-26(50-3)34(29)48)11-22(44(32)2)23(14-42)45(24)33/h5-6,12-13,22-24,32-33,38,43,46,48H,7-11,15-17H2,1-4H3/t22-,23-,24-,32-,33?,38+,40+/m0/s1. The SMILES string of the molecule is COc1cc2c(cc1O)CCN[C@]21CS[C@@H]2c3c(OC(=O)CCCl)c(C)c4c(c3[C@H](COC1=O)N1C2[C@@H]2c3c(ccc(OC)c3O)C[C@@H]([C@@H]1C#N)N2C)OCO4. The molecule has 1 spiro atoms. The van der Waals surface area contributed by atoms with Gasteiger partial charge in [0.15, 0.2) is 40.0 Å². The number of piperazine rings is 1. The van der Waals surface area contributed by atoms with Crippen molar-refractivity contribution in [2.75, 3.05) is 52.8 Å². The molecule has 16 heteroatoms. The molecule has 3 N–H and O–H groups in total. The van der Waals surface area contributed by atoms with Gasteiger partial charge in [-0.15, -0.1) is 23.4 Å². The summed E-state index contributed by atoms with van der Waals surface area (Å²) in [6.07, 6.45) is 0.989. The van der Waals surface area contributed by atoms with Gasteiger partial charge in [-0.3, -0.25) is 19.9 Å². The molecule has 7 atom stereocenters. The summed E-state index contributed by atoms with van der Waals surface area (Å²) in [6, 6.07) is 6.82. The molecule has 3 aromatic rings. The van der Waals surface area contributed by atoms with Crippen LogP contribution in [0.5, 0.6) is 40.2 Å². The molecule has 7 heterocycles. The van der Waals surface area contributed by atoms with Gasteiger partial charge in [0.05, 0.1) is 44.0 Å². The monoisotopic (exact) mass is 804 g/mol. The van der Waals surface area contributed by atoms with Crippen LogP contribution in [0.2, 0.25) is 0 Å². The number of likely N-dealkylation sites (N-methyl/N-ethyl adjacent to an activating group) is 1. The molecule has 2 fully saturated rings. The average Bonchev–Trinajstić information content (AvgIpc) is 3.68. The van der Waals surface area contributed by atoms with E-state index >= 15 is 0 Å². The maximum absolute atomic E-state index is 14.8. The Balaban J connectivity index is 1.33. The van der Waals surface area contributed by atoms with Crippen LogP contribution in [0.1, 0.15) is 62.7 Å². The van der Waals surface area contributed by atoms with E-state index in [0.29, 0.717) is 70.2 Å². The zero-order chi connectivity index (χ0) is 39.2. The number of nitriles is 1. The van der Waals surface area contributed by atoms with Crippen LogP contribution in [-0.2, 0) is 32.7 Å². The second-order valence-corrected chi connectivity index (χ2v) is 16.5. The highest BCUT2D eigenvalue weighted by molar-refractivity contribution is 7.99. The van der Waals surface area contributed by atoms with E-state index in [1.807, 2.05) is 20.0 Å². The van der Waals surface area contributed by atoms with E-state index in [9.17, 15) is 25.1 Å². The lowest BCUT2D eigenvalue weighted by Crippen LogP contribution is -2.69. The van der Waals surface area contributed by atoms with Crippen LogP contribution in [0, 0.1) is 18.3 Å². The number of phenolic OH excluding ortho intramolecular Hbond substituents is 2. The number of ether oxygens (including phenoxy) is 6. The summed E-state index contributed by atoms with van der Waals surface area (Å²) in [5, 5.41) is 36.7. The Morgan fingerprint density at radius 3 is 2.64 bits per heavy atom. The van der Waals surface area contributed by atoms with Crippen molar-refractivity contribution >= 4 is 35.3 Å². The third-order valence-electron chi connectivity index (χ3n) is 12.4. The van der Waals surface area contributed by atoms with Crippen molar-refractivity contribution < 1.29 is 48.2 Å². The number of hydrogen-bond donors (Lipinski definition) is 3. The summed E-state index contributed by atoms with van der Waals surface area (Å²) >= 11 is 7.50. The zero-order valence-corrected chi connectivity index (χ0v) is 32.8. The lowest BCUT2D eigenvalue weighted by Gasteiger charge is -2.62. The number of esters is 2. The van der Waals surface area contributed by atoms with Crippen LogP contribution in [0.3, 0.4) is 0 Å². The van der Waals surface area contributed by atoms with Crippen LogP contribution >= 0.6 is 23.4 Å². The first-order valence-electron chi connectivity index (χ1n) is 18.5. The Labute approximate surface area is 332 Å². The Morgan fingerprint density at radius 1 is 1.11 bits per heavy atom. The van der Waals surface area contributed by atoms with E-state index < -0.39 is 46.9 Å². The van der Waals surface area contributed by atoms with Gasteiger partial charge in [0, 0.05) is 52.5 Å². The van der Waals surface area contributed by atoms with Gasteiger partial charge in [0.2, 0.25) is 6.79 Å². The second kappa shape index (κ2) is 13.8. The summed E-state index contributed by atoms with van der Waals surface area (Å²) in [5.41, 5.74) is 3.47. The van der Waals surface area contributed by atoms with E-state index in [4.69, 9.17) is 40.0 Å². The van der Waals surface area contributed by atoms with Crippen molar-refractivity contribution in [3.8, 4) is 46.3 Å². The molecule has 0 amide bonds. The molecule has 10 rings (SSSR count). The Kier molecular flexibility index (Phi) is 9.13. The molecule has 7 aliphatic heterocycles. The highest BCUT2D eigenvalue weighted by Crippen LogP contribution is 2.64. The lowest BCUT2D eigenvalue weighted by molar-refractivity contribution is -0.157. The molecular formula is C40H41ClN4O10S. The topological polar surface area (TPSA) is 172 Å². The third kappa shape index (κ3) is 5.19. The second-order valence-electron chi connectivity index (χ2n) is 15.0. The maximum atomic E-state index is 14.8. The summed E-state index contributed by atoms with van der Waals surface area (Å²) in [7, 11) is 4.94. The minimum Gasteiger partial charge on any atom is -0.504 e. The number of fused-ring (bicyclic) bond motifs is 9. The van der Waals surface area contributed by atoms with E-state index in [0.717, 1.165) is 11.1 Å². The first-order chi connectivity index (χ1) is 27.1. The minimum atomic E-state index is -1.38. The first kappa shape index (κ1) is 37.0. The minimum absolute atomic E-state index is 0.0159. The molecule has 0 radical (unpaired) electrons. The van der Waals surface area contributed by atoms with Gasteiger partial charge in [0.1, 0.15) is 18.4 Å². The van der Waals surface area contributed by atoms with Gasteiger partial charge >= 0.3 is 11.9 Å². The fourth-order valence-corrected chi connectivity index (χ4v) is 11.8. The van der Waals surface area contributed by atoms with Crippen LogP contribution < -0.4 is 29.0 Å².